The fourth-order valence-electron chi connectivity index (χ4n) is 2.22. The van der Waals surface area contributed by atoms with Crippen LogP contribution in [0.15, 0.2) is 11.6 Å². The van der Waals surface area contributed by atoms with Crippen LogP contribution < -0.4 is 0 Å². The van der Waals surface area contributed by atoms with Crippen LogP contribution in [0.3, 0.4) is 0 Å². The molecule has 0 aromatic carbocycles. The number of esters is 1. The molecule has 2 atom stereocenters. The zero-order valence-corrected chi connectivity index (χ0v) is 11.1. The lowest BCUT2D eigenvalue weighted by Gasteiger charge is -2.15. The minimum atomic E-state index is -0.740. The first-order valence-corrected chi connectivity index (χ1v) is 6.69. The van der Waals surface area contributed by atoms with Crippen LogP contribution >= 0.6 is 0 Å². The van der Waals surface area contributed by atoms with Crippen LogP contribution in [0.2, 0.25) is 0 Å². The Hall–Kier alpha value is -1.16. The SMILES string of the molecule is CCCCCC(C(=O)OCC)C1=CC(O)CC1=O. The number of aliphatic hydroxyl groups excluding tert-OH is 1. The average Bonchev–Trinajstić information content (AvgIpc) is 2.64. The average molecular weight is 254 g/mol. The lowest BCUT2D eigenvalue weighted by Crippen LogP contribution is -2.22. The van der Waals surface area contributed by atoms with Crippen LogP contribution in [0.1, 0.15) is 46.0 Å². The summed E-state index contributed by atoms with van der Waals surface area (Å²) in [6.45, 7) is 4.15. The minimum Gasteiger partial charge on any atom is -0.466 e. The Kier molecular flexibility index (Phi) is 6.05. The highest BCUT2D eigenvalue weighted by molar-refractivity contribution is 6.02. The largest absolute Gasteiger partial charge is 0.466 e. The first kappa shape index (κ1) is 14.9. The number of ether oxygens (including phenoxy) is 1. The molecule has 2 unspecified atom stereocenters. The molecule has 0 saturated carbocycles. The molecule has 0 aromatic heterocycles. The molecule has 1 rings (SSSR count). The monoisotopic (exact) mass is 254 g/mol. The lowest BCUT2D eigenvalue weighted by atomic mass is 9.92. The number of hydrogen-bond acceptors (Lipinski definition) is 4. The summed E-state index contributed by atoms with van der Waals surface area (Å²) in [5.41, 5.74) is 0.442. The normalized spacial score (nSPS) is 20.7. The molecule has 4 heteroatoms. The number of ketones is 1. The van der Waals surface area contributed by atoms with E-state index in [0.717, 1.165) is 19.3 Å². The maximum atomic E-state index is 11.9. The summed E-state index contributed by atoms with van der Waals surface area (Å²) in [6.07, 6.45) is 4.47. The minimum absolute atomic E-state index is 0.0962. The van der Waals surface area contributed by atoms with Gasteiger partial charge in [0.1, 0.15) is 0 Å². The third kappa shape index (κ3) is 3.95. The lowest BCUT2D eigenvalue weighted by molar-refractivity contribution is -0.147. The van der Waals surface area contributed by atoms with Crippen molar-refractivity contribution < 1.29 is 19.4 Å². The molecule has 0 spiro atoms. The fraction of sp³-hybridized carbons (Fsp3) is 0.714. The number of carbonyl (C=O) groups excluding carboxylic acids is 2. The van der Waals surface area contributed by atoms with Crippen molar-refractivity contribution in [3.05, 3.63) is 11.6 Å². The first-order valence-electron chi connectivity index (χ1n) is 6.69. The van der Waals surface area contributed by atoms with E-state index in [1.807, 2.05) is 0 Å². The topological polar surface area (TPSA) is 63.6 Å². The van der Waals surface area contributed by atoms with Crippen molar-refractivity contribution in [2.24, 2.45) is 5.92 Å². The number of hydrogen-bond donors (Lipinski definition) is 1. The quantitative estimate of drug-likeness (QED) is 0.557. The van der Waals surface area contributed by atoms with E-state index < -0.39 is 12.0 Å². The van der Waals surface area contributed by atoms with Crippen LogP contribution in [-0.4, -0.2) is 29.6 Å². The van der Waals surface area contributed by atoms with Gasteiger partial charge in [-0.2, -0.15) is 0 Å². The number of rotatable bonds is 7. The van der Waals surface area contributed by atoms with Gasteiger partial charge in [-0.3, -0.25) is 9.59 Å². The number of unbranched alkanes of at least 4 members (excludes halogenated alkanes) is 2. The van der Waals surface area contributed by atoms with E-state index in [4.69, 9.17) is 4.74 Å². The molecule has 18 heavy (non-hydrogen) atoms. The summed E-state index contributed by atoms with van der Waals surface area (Å²) in [5, 5.41) is 9.45. The van der Waals surface area contributed by atoms with E-state index in [-0.39, 0.29) is 18.2 Å². The Morgan fingerprint density at radius 3 is 2.72 bits per heavy atom. The van der Waals surface area contributed by atoms with E-state index in [0.29, 0.717) is 18.6 Å². The molecule has 1 aliphatic rings. The van der Waals surface area contributed by atoms with E-state index >= 15 is 0 Å². The summed E-state index contributed by atoms with van der Waals surface area (Å²) < 4.78 is 5.02. The van der Waals surface area contributed by atoms with Gasteiger partial charge in [0.2, 0.25) is 0 Å². The van der Waals surface area contributed by atoms with Gasteiger partial charge in [0.25, 0.3) is 0 Å². The van der Waals surface area contributed by atoms with Crippen LogP contribution in [0, 0.1) is 5.92 Å². The predicted molar refractivity (Wildman–Crippen MR) is 68.0 cm³/mol. The van der Waals surface area contributed by atoms with Crippen molar-refractivity contribution in [3.63, 3.8) is 0 Å². The molecule has 1 aliphatic carbocycles. The second-order valence-corrected chi connectivity index (χ2v) is 4.62. The highest BCUT2D eigenvalue weighted by Crippen LogP contribution is 2.27. The van der Waals surface area contributed by atoms with E-state index in [2.05, 4.69) is 6.92 Å². The molecule has 0 saturated heterocycles. The van der Waals surface area contributed by atoms with Gasteiger partial charge in [-0.1, -0.05) is 26.2 Å². The van der Waals surface area contributed by atoms with E-state index in [9.17, 15) is 14.7 Å². The summed E-state index contributed by atoms with van der Waals surface area (Å²) in [4.78, 5) is 23.6. The molecular weight excluding hydrogens is 232 g/mol. The molecule has 0 aromatic rings. The van der Waals surface area contributed by atoms with Crippen molar-refractivity contribution in [2.75, 3.05) is 6.61 Å². The van der Waals surface area contributed by atoms with Crippen molar-refractivity contribution >= 4 is 11.8 Å². The molecule has 1 N–H and O–H groups in total. The smallest absolute Gasteiger partial charge is 0.313 e. The third-order valence-electron chi connectivity index (χ3n) is 3.13. The molecule has 102 valence electrons. The fourth-order valence-corrected chi connectivity index (χ4v) is 2.22. The Bertz CT molecular complexity index is 333. The summed E-state index contributed by atoms with van der Waals surface area (Å²) in [5.74, 6) is -0.972. The van der Waals surface area contributed by atoms with E-state index in [1.54, 1.807) is 6.92 Å². The third-order valence-corrected chi connectivity index (χ3v) is 3.13. The zero-order valence-electron chi connectivity index (χ0n) is 11.1. The summed E-state index contributed by atoms with van der Waals surface area (Å²) in [6, 6.07) is 0. The van der Waals surface area contributed by atoms with Gasteiger partial charge in [0.15, 0.2) is 5.78 Å². The molecule has 0 radical (unpaired) electrons. The molecule has 0 bridgehead atoms. The Morgan fingerprint density at radius 2 is 2.22 bits per heavy atom. The van der Waals surface area contributed by atoms with Crippen LogP contribution in [0.25, 0.3) is 0 Å². The summed E-state index contributed by atoms with van der Waals surface area (Å²) in [7, 11) is 0. The second-order valence-electron chi connectivity index (χ2n) is 4.62. The standard InChI is InChI=1S/C14H22O4/c1-3-5-6-7-11(14(17)18-4-2)12-8-10(15)9-13(12)16/h8,10-11,15H,3-7,9H2,1-2H3. The molecular formula is C14H22O4. The van der Waals surface area contributed by atoms with Crippen molar-refractivity contribution in [1.29, 1.82) is 0 Å². The van der Waals surface area contributed by atoms with Gasteiger partial charge >= 0.3 is 5.97 Å². The second kappa shape index (κ2) is 7.31. The molecule has 0 aliphatic heterocycles. The van der Waals surface area contributed by atoms with Gasteiger partial charge in [0.05, 0.1) is 18.6 Å². The Labute approximate surface area is 108 Å². The van der Waals surface area contributed by atoms with Gasteiger partial charge in [-0.05, 0) is 19.4 Å². The Morgan fingerprint density at radius 1 is 1.50 bits per heavy atom. The number of Topliss-reactive ketones (excluding diaryl/α,β-unsaturated/α-hetero) is 1. The molecule has 0 fully saturated rings. The maximum absolute atomic E-state index is 11.9. The van der Waals surface area contributed by atoms with Gasteiger partial charge < -0.3 is 9.84 Å². The summed E-state index contributed by atoms with van der Waals surface area (Å²) >= 11 is 0. The molecule has 0 heterocycles. The maximum Gasteiger partial charge on any atom is 0.313 e. The van der Waals surface area contributed by atoms with Crippen molar-refractivity contribution in [3.8, 4) is 0 Å². The van der Waals surface area contributed by atoms with Crippen molar-refractivity contribution in [2.45, 2.75) is 52.1 Å². The van der Waals surface area contributed by atoms with Gasteiger partial charge in [-0.15, -0.1) is 0 Å². The number of aliphatic hydroxyl groups is 1. The highest BCUT2D eigenvalue weighted by atomic mass is 16.5. The van der Waals surface area contributed by atoms with E-state index in [1.165, 1.54) is 6.08 Å². The van der Waals surface area contributed by atoms with Crippen LogP contribution in [0.5, 0.6) is 0 Å². The van der Waals surface area contributed by atoms with Crippen LogP contribution in [-0.2, 0) is 14.3 Å². The molecule has 0 amide bonds. The van der Waals surface area contributed by atoms with Gasteiger partial charge in [0, 0.05) is 12.0 Å². The van der Waals surface area contributed by atoms with Crippen molar-refractivity contribution in [1.82, 2.24) is 0 Å². The zero-order chi connectivity index (χ0) is 13.5. The van der Waals surface area contributed by atoms with Gasteiger partial charge in [-0.25, -0.2) is 0 Å². The Balaban J connectivity index is 2.73. The first-order chi connectivity index (χ1) is 8.60. The van der Waals surface area contributed by atoms with Crippen LogP contribution in [0.4, 0.5) is 0 Å². The number of carbonyl (C=O) groups is 2. The highest BCUT2D eigenvalue weighted by Gasteiger charge is 2.33. The molecule has 4 nitrogen and oxygen atoms in total. The predicted octanol–water partition coefficient (Wildman–Crippen LogP) is 2.01.